The first-order valence-electron chi connectivity index (χ1n) is 9.70. The van der Waals surface area contributed by atoms with Crippen molar-refractivity contribution < 1.29 is 65.4 Å². The molecule has 32 heavy (non-hydrogen) atoms. The number of benzene rings is 2. The van der Waals surface area contributed by atoms with Crippen LogP contribution in [0.4, 0.5) is 5.69 Å². The number of thiophene rings is 1. The van der Waals surface area contributed by atoms with E-state index in [0.717, 1.165) is 28.3 Å². The molecule has 0 saturated heterocycles. The second-order valence-electron chi connectivity index (χ2n) is 7.74. The predicted molar refractivity (Wildman–Crippen MR) is 124 cm³/mol. The number of methoxy groups -OCH3 is 1. The molecule has 2 aromatic heterocycles. The number of hydrogen-bond donors (Lipinski definition) is 1. The Hall–Kier alpha value is -1.74. The van der Waals surface area contributed by atoms with E-state index in [1.807, 2.05) is 47.8 Å². The fourth-order valence-electron chi connectivity index (χ4n) is 2.59. The monoisotopic (exact) mass is 471 g/mol. The van der Waals surface area contributed by atoms with Crippen molar-refractivity contribution in [3.05, 3.63) is 88.9 Å². The second kappa shape index (κ2) is 12.5. The van der Waals surface area contributed by atoms with E-state index >= 15 is 0 Å². The Balaban J connectivity index is 0.000000307. The van der Waals surface area contributed by atoms with E-state index in [1.165, 1.54) is 11.3 Å². The van der Waals surface area contributed by atoms with Gasteiger partial charge in [-0.25, -0.2) is 5.16 Å². The molecule has 0 bridgehead atoms. The van der Waals surface area contributed by atoms with Crippen molar-refractivity contribution in [3.8, 4) is 16.9 Å². The minimum absolute atomic E-state index is 0. The topological polar surface area (TPSA) is 64.4 Å². The number of nitrogens with zero attached hydrogens (tertiary/aromatic N) is 1. The molecule has 0 spiro atoms. The van der Waals surface area contributed by atoms with Crippen LogP contribution in [-0.2, 0) is 5.41 Å². The van der Waals surface area contributed by atoms with E-state index in [2.05, 4.69) is 43.5 Å². The van der Waals surface area contributed by atoms with Crippen LogP contribution in [0.15, 0.2) is 70.6 Å². The maximum atomic E-state index is 12.2. The van der Waals surface area contributed by atoms with E-state index in [9.17, 15) is 4.79 Å². The van der Waals surface area contributed by atoms with E-state index in [1.54, 1.807) is 25.3 Å². The van der Waals surface area contributed by atoms with Crippen LogP contribution < -0.4 is 61.4 Å². The van der Waals surface area contributed by atoms with Crippen molar-refractivity contribution in [3.63, 3.8) is 0 Å². The Bertz CT molecular complexity index is 1090. The summed E-state index contributed by atoms with van der Waals surface area (Å²) in [5.41, 5.74) is 2.92. The smallest absolute Gasteiger partial charge is 0.497 e. The minimum atomic E-state index is -0.101. The standard InChI is InChI=1S/C18H14NO2S.C7H10NO.K/c1-21-16-9-7-13(8-10-16)14-11-17(22-12-14)18(20)19-15-5-3-2-4-6-15;1-7(2,3)6-4-5-8-9-6;/h3-12H,1H3,(H,19,20);4H,1-3H3;/q2*-1;+1. The average Bonchev–Trinajstić information content (AvgIpc) is 3.47. The van der Waals surface area contributed by atoms with Gasteiger partial charge in [-0.2, -0.15) is 24.3 Å². The fourth-order valence-corrected chi connectivity index (χ4v) is 3.40. The number of ether oxygens (including phenoxy) is 1. The Kier molecular flexibility index (Phi) is 10.3. The van der Waals surface area contributed by atoms with Crippen LogP contribution in [0.1, 0.15) is 36.2 Å². The summed E-state index contributed by atoms with van der Waals surface area (Å²) in [7, 11) is 1.64. The number of amides is 1. The molecule has 160 valence electrons. The van der Waals surface area contributed by atoms with Crippen molar-refractivity contribution in [2.75, 3.05) is 12.4 Å². The maximum absolute atomic E-state index is 12.2. The van der Waals surface area contributed by atoms with Gasteiger partial charge in [0.1, 0.15) is 5.75 Å². The molecule has 0 saturated carbocycles. The number of nitrogens with one attached hydrogen (secondary N) is 1. The zero-order valence-corrected chi connectivity index (χ0v) is 22.9. The summed E-state index contributed by atoms with van der Waals surface area (Å²) in [4.78, 5) is 12.9. The molecule has 2 heterocycles. The van der Waals surface area contributed by atoms with E-state index in [-0.39, 0.29) is 62.7 Å². The van der Waals surface area contributed by atoms with Crippen LogP contribution in [-0.4, -0.2) is 18.2 Å². The van der Waals surface area contributed by atoms with Gasteiger partial charge in [-0.15, -0.1) is 29.7 Å². The predicted octanol–water partition coefficient (Wildman–Crippen LogP) is 3.25. The summed E-state index contributed by atoms with van der Waals surface area (Å²) in [5.74, 6) is 1.59. The Morgan fingerprint density at radius 1 is 1.09 bits per heavy atom. The molecule has 0 aliphatic rings. The molecule has 4 rings (SSSR count). The van der Waals surface area contributed by atoms with Gasteiger partial charge in [0.25, 0.3) is 5.91 Å². The normalized spacial score (nSPS) is 10.4. The molecule has 7 heteroatoms. The molecule has 0 aliphatic heterocycles. The van der Waals surface area contributed by atoms with Gasteiger partial charge in [-0.3, -0.25) is 4.79 Å². The number of carbonyl (C=O) groups is 1. The third-order valence-electron chi connectivity index (χ3n) is 4.35. The number of anilines is 1. The first kappa shape index (κ1) is 26.5. The van der Waals surface area contributed by atoms with Crippen molar-refractivity contribution in [1.82, 2.24) is 5.16 Å². The first-order valence-corrected chi connectivity index (χ1v) is 10.6. The summed E-state index contributed by atoms with van der Waals surface area (Å²) in [6.07, 6.45) is 2.62. The molecular formula is C25H24KN2O3S-. The van der Waals surface area contributed by atoms with Gasteiger partial charge in [0, 0.05) is 0 Å². The average molecular weight is 472 g/mol. The third-order valence-corrected chi connectivity index (χ3v) is 5.28. The second-order valence-corrected chi connectivity index (χ2v) is 8.65. The molecule has 4 aromatic rings. The number of carbonyl (C=O) groups excluding carboxylic acids is 1. The van der Waals surface area contributed by atoms with Crippen molar-refractivity contribution in [2.24, 2.45) is 0 Å². The van der Waals surface area contributed by atoms with Gasteiger partial charge in [0.05, 0.1) is 12.0 Å². The zero-order chi connectivity index (χ0) is 22.3. The summed E-state index contributed by atoms with van der Waals surface area (Å²) >= 11 is 1.43. The van der Waals surface area contributed by atoms with Crippen LogP contribution in [0, 0.1) is 12.3 Å². The SMILES string of the molecule is CC(C)(C)c1c[c-]no1.COc1ccc(-c2csc(C(=O)Nc3cc[c-]cc3)c2)cc1.[K+]. The van der Waals surface area contributed by atoms with Gasteiger partial charge >= 0.3 is 51.4 Å². The first-order chi connectivity index (χ1) is 14.9. The molecule has 0 radical (unpaired) electrons. The molecule has 1 amide bonds. The molecule has 0 unspecified atom stereocenters. The van der Waals surface area contributed by atoms with E-state index < -0.39 is 0 Å². The summed E-state index contributed by atoms with van der Waals surface area (Å²) in [6, 6.07) is 21.5. The molecule has 1 N–H and O–H groups in total. The number of aromatic nitrogens is 1. The number of rotatable bonds is 4. The largest absolute Gasteiger partial charge is 1.00 e. The minimum Gasteiger partial charge on any atom is -0.497 e. The summed E-state index contributed by atoms with van der Waals surface area (Å²) < 4.78 is 10.0. The van der Waals surface area contributed by atoms with Crippen molar-refractivity contribution in [2.45, 2.75) is 26.2 Å². The van der Waals surface area contributed by atoms with Crippen LogP contribution in [0.3, 0.4) is 0 Å². The molecule has 0 atom stereocenters. The van der Waals surface area contributed by atoms with E-state index in [0.29, 0.717) is 4.88 Å². The van der Waals surface area contributed by atoms with Crippen molar-refractivity contribution in [1.29, 1.82) is 0 Å². The fraction of sp³-hybridized carbons (Fsp3) is 0.200. The van der Waals surface area contributed by atoms with Crippen LogP contribution >= 0.6 is 11.3 Å². The zero-order valence-electron chi connectivity index (χ0n) is 18.9. The molecular weight excluding hydrogens is 447 g/mol. The molecule has 2 aromatic carbocycles. The van der Waals surface area contributed by atoms with Gasteiger partial charge in [0.15, 0.2) is 0 Å². The van der Waals surface area contributed by atoms with Gasteiger partial charge < -0.3 is 14.6 Å². The summed E-state index contributed by atoms with van der Waals surface area (Å²) in [5, 5.41) is 8.34. The van der Waals surface area contributed by atoms with Gasteiger partial charge in [0.2, 0.25) is 0 Å². The third kappa shape index (κ3) is 7.69. The molecule has 5 nitrogen and oxygen atoms in total. The van der Waals surface area contributed by atoms with Crippen LogP contribution in [0.25, 0.3) is 11.1 Å². The quantitative estimate of drug-likeness (QED) is 0.367. The maximum Gasteiger partial charge on any atom is 1.00 e. The Morgan fingerprint density at radius 3 is 2.31 bits per heavy atom. The van der Waals surface area contributed by atoms with Gasteiger partial charge in [-0.05, 0) is 45.9 Å². The van der Waals surface area contributed by atoms with Crippen LogP contribution in [0.2, 0.25) is 0 Å². The van der Waals surface area contributed by atoms with Crippen molar-refractivity contribution >= 4 is 22.9 Å². The number of hydrogen-bond acceptors (Lipinski definition) is 5. The Labute approximate surface area is 235 Å². The van der Waals surface area contributed by atoms with Crippen LogP contribution in [0.5, 0.6) is 5.75 Å². The summed E-state index contributed by atoms with van der Waals surface area (Å²) in [6.45, 7) is 6.21. The van der Waals surface area contributed by atoms with E-state index in [4.69, 9.17) is 9.26 Å². The van der Waals surface area contributed by atoms with Gasteiger partial charge in [-0.1, -0.05) is 38.6 Å². The Morgan fingerprint density at radius 2 is 1.78 bits per heavy atom. The molecule has 0 fully saturated rings. The molecule has 0 aliphatic carbocycles.